The first kappa shape index (κ1) is 15.4. The number of aromatic nitrogens is 7. The molecule has 5 rings (SSSR count). The van der Waals surface area contributed by atoms with Gasteiger partial charge >= 0.3 is 5.69 Å². The van der Waals surface area contributed by atoms with E-state index < -0.39 is 0 Å². The van der Waals surface area contributed by atoms with Crippen LogP contribution in [0.4, 0.5) is 0 Å². The molecule has 8 heteroatoms. The van der Waals surface area contributed by atoms with Crippen LogP contribution in [0.15, 0.2) is 66.1 Å². The van der Waals surface area contributed by atoms with Gasteiger partial charge in [-0.2, -0.15) is 4.98 Å². The van der Waals surface area contributed by atoms with E-state index in [4.69, 9.17) is 0 Å². The van der Waals surface area contributed by atoms with Gasteiger partial charge in [0.05, 0.1) is 23.3 Å². The Morgan fingerprint density at radius 1 is 1.07 bits per heavy atom. The van der Waals surface area contributed by atoms with E-state index in [1.54, 1.807) is 29.5 Å². The number of aromatic amines is 1. The molecule has 1 atom stereocenters. The molecule has 0 amide bonds. The van der Waals surface area contributed by atoms with Crippen LogP contribution in [0.1, 0.15) is 18.5 Å². The monoisotopic (exact) mass is 357 g/mol. The van der Waals surface area contributed by atoms with E-state index in [1.165, 1.54) is 0 Å². The lowest BCUT2D eigenvalue weighted by molar-refractivity contribution is 0.627. The summed E-state index contributed by atoms with van der Waals surface area (Å²) in [5.41, 5.74) is 3.58. The number of para-hydroxylation sites is 2. The highest BCUT2D eigenvalue weighted by Crippen LogP contribution is 2.21. The van der Waals surface area contributed by atoms with Gasteiger partial charge in [0.25, 0.3) is 0 Å². The van der Waals surface area contributed by atoms with Crippen molar-refractivity contribution in [1.29, 1.82) is 0 Å². The van der Waals surface area contributed by atoms with Gasteiger partial charge in [0, 0.05) is 12.4 Å². The fraction of sp³-hybridized carbons (Fsp3) is 0.105. The maximum Gasteiger partial charge on any atom is 0.328 e. The lowest BCUT2D eigenvalue weighted by Crippen LogP contribution is -2.21. The van der Waals surface area contributed by atoms with Crippen LogP contribution in [0.5, 0.6) is 0 Å². The highest BCUT2D eigenvalue weighted by atomic mass is 16.1. The van der Waals surface area contributed by atoms with Gasteiger partial charge in [-0.1, -0.05) is 18.2 Å². The highest BCUT2D eigenvalue weighted by molar-refractivity contribution is 5.77. The topological polar surface area (TPSA) is 94.3 Å². The van der Waals surface area contributed by atoms with Crippen molar-refractivity contribution in [2.24, 2.45) is 0 Å². The number of fused-ring (bicyclic) bond motifs is 2. The van der Waals surface area contributed by atoms with E-state index in [9.17, 15) is 4.79 Å². The Balaban J connectivity index is 1.71. The van der Waals surface area contributed by atoms with E-state index in [1.807, 2.05) is 47.9 Å². The Labute approximate surface area is 153 Å². The standard InChI is InChI=1S/C19H15N7O/c1-12(13-5-4-8-20-9-13)26-17-15(23-19(26)27)10-21-18(24-17)25-11-22-14-6-2-3-7-16(14)25/h2-12H,1H3,(H,23,27). The number of nitrogens with zero attached hydrogens (tertiary/aromatic N) is 6. The van der Waals surface area contributed by atoms with Gasteiger partial charge in [0.1, 0.15) is 11.8 Å². The highest BCUT2D eigenvalue weighted by Gasteiger charge is 2.18. The normalized spacial score (nSPS) is 12.6. The van der Waals surface area contributed by atoms with Gasteiger partial charge < -0.3 is 4.98 Å². The minimum atomic E-state index is -0.233. The molecule has 0 fully saturated rings. The Morgan fingerprint density at radius 3 is 2.81 bits per heavy atom. The third-order valence-electron chi connectivity index (χ3n) is 4.67. The van der Waals surface area contributed by atoms with Gasteiger partial charge in [-0.05, 0) is 30.7 Å². The first-order chi connectivity index (χ1) is 13.2. The average Bonchev–Trinajstić information content (AvgIpc) is 3.28. The van der Waals surface area contributed by atoms with Crippen LogP contribution in [-0.4, -0.2) is 34.1 Å². The second kappa shape index (κ2) is 5.87. The van der Waals surface area contributed by atoms with Gasteiger partial charge in [0.15, 0.2) is 5.65 Å². The fourth-order valence-corrected chi connectivity index (χ4v) is 3.27. The molecule has 0 bridgehead atoms. The Kier molecular flexibility index (Phi) is 3.36. The summed E-state index contributed by atoms with van der Waals surface area (Å²) in [7, 11) is 0. The van der Waals surface area contributed by atoms with E-state index >= 15 is 0 Å². The number of benzene rings is 1. The van der Waals surface area contributed by atoms with Crippen molar-refractivity contribution < 1.29 is 0 Å². The summed E-state index contributed by atoms with van der Waals surface area (Å²) < 4.78 is 3.43. The van der Waals surface area contributed by atoms with Gasteiger partial charge in [0.2, 0.25) is 5.95 Å². The largest absolute Gasteiger partial charge is 0.328 e. The quantitative estimate of drug-likeness (QED) is 0.535. The summed E-state index contributed by atoms with van der Waals surface area (Å²) in [6.45, 7) is 1.94. The van der Waals surface area contributed by atoms with Crippen molar-refractivity contribution in [2.75, 3.05) is 0 Å². The summed E-state index contributed by atoms with van der Waals surface area (Å²) in [5.74, 6) is 0.460. The van der Waals surface area contributed by atoms with Crippen molar-refractivity contribution in [2.45, 2.75) is 13.0 Å². The minimum Gasteiger partial charge on any atom is -0.303 e. The summed E-state index contributed by atoms with van der Waals surface area (Å²) in [6, 6.07) is 11.3. The van der Waals surface area contributed by atoms with Crippen LogP contribution in [0.2, 0.25) is 0 Å². The molecule has 0 aliphatic heterocycles. The Bertz CT molecular complexity index is 1320. The van der Waals surface area contributed by atoms with Crippen LogP contribution in [0.25, 0.3) is 28.1 Å². The predicted octanol–water partition coefficient (Wildman–Crippen LogP) is 2.46. The van der Waals surface area contributed by atoms with E-state index in [0.717, 1.165) is 16.6 Å². The maximum atomic E-state index is 12.6. The number of hydrogen-bond donors (Lipinski definition) is 1. The van der Waals surface area contributed by atoms with Crippen LogP contribution in [0.3, 0.4) is 0 Å². The summed E-state index contributed by atoms with van der Waals surface area (Å²) in [6.07, 6.45) is 6.77. The van der Waals surface area contributed by atoms with E-state index in [0.29, 0.717) is 17.1 Å². The molecule has 1 N–H and O–H groups in total. The number of rotatable bonds is 3. The van der Waals surface area contributed by atoms with Crippen molar-refractivity contribution in [1.82, 2.24) is 34.1 Å². The van der Waals surface area contributed by atoms with E-state index in [-0.39, 0.29) is 11.7 Å². The molecule has 0 aliphatic carbocycles. The molecule has 4 heterocycles. The second-order valence-electron chi connectivity index (χ2n) is 6.27. The number of nitrogens with one attached hydrogen (secondary N) is 1. The lowest BCUT2D eigenvalue weighted by atomic mass is 10.1. The van der Waals surface area contributed by atoms with E-state index in [2.05, 4.69) is 24.9 Å². The average molecular weight is 357 g/mol. The molecule has 0 aliphatic rings. The predicted molar refractivity (Wildman–Crippen MR) is 101 cm³/mol. The Morgan fingerprint density at radius 2 is 1.96 bits per heavy atom. The van der Waals surface area contributed by atoms with Gasteiger partial charge in [-0.25, -0.2) is 14.8 Å². The maximum absolute atomic E-state index is 12.6. The van der Waals surface area contributed by atoms with Crippen LogP contribution in [0, 0.1) is 0 Å². The summed E-state index contributed by atoms with van der Waals surface area (Å²) in [4.78, 5) is 33.0. The van der Waals surface area contributed by atoms with Gasteiger partial charge in [-0.15, -0.1) is 0 Å². The Hall–Kier alpha value is -3.81. The summed E-state index contributed by atoms with van der Waals surface area (Å²) in [5, 5.41) is 0. The van der Waals surface area contributed by atoms with Crippen molar-refractivity contribution >= 4 is 22.2 Å². The molecule has 5 aromatic rings. The molecule has 132 valence electrons. The number of pyridine rings is 1. The molecule has 0 saturated heterocycles. The number of hydrogen-bond acceptors (Lipinski definition) is 5. The number of H-pyrrole nitrogens is 1. The SMILES string of the molecule is CC(c1cccnc1)n1c(=O)[nH]c2cnc(-n3cnc4ccccc43)nc21. The molecular weight excluding hydrogens is 342 g/mol. The third kappa shape index (κ3) is 2.42. The molecule has 4 aromatic heterocycles. The van der Waals surface area contributed by atoms with Crippen LogP contribution < -0.4 is 5.69 Å². The molecule has 27 heavy (non-hydrogen) atoms. The fourth-order valence-electron chi connectivity index (χ4n) is 3.27. The molecule has 1 aromatic carbocycles. The second-order valence-corrected chi connectivity index (χ2v) is 6.27. The lowest BCUT2D eigenvalue weighted by Gasteiger charge is -2.13. The molecule has 8 nitrogen and oxygen atoms in total. The first-order valence-electron chi connectivity index (χ1n) is 8.52. The molecule has 0 radical (unpaired) electrons. The van der Waals surface area contributed by atoms with Crippen LogP contribution in [-0.2, 0) is 0 Å². The molecule has 0 saturated carbocycles. The summed E-state index contributed by atoms with van der Waals surface area (Å²) >= 11 is 0. The van der Waals surface area contributed by atoms with Gasteiger partial charge in [-0.3, -0.25) is 14.1 Å². The molecule has 1 unspecified atom stereocenters. The van der Waals surface area contributed by atoms with Crippen molar-refractivity contribution in [3.05, 3.63) is 77.4 Å². The minimum absolute atomic E-state index is 0.220. The molecule has 0 spiro atoms. The zero-order valence-corrected chi connectivity index (χ0v) is 14.4. The smallest absolute Gasteiger partial charge is 0.303 e. The zero-order valence-electron chi connectivity index (χ0n) is 14.4. The van der Waals surface area contributed by atoms with Crippen molar-refractivity contribution in [3.63, 3.8) is 0 Å². The van der Waals surface area contributed by atoms with Crippen molar-refractivity contribution in [3.8, 4) is 5.95 Å². The first-order valence-corrected chi connectivity index (χ1v) is 8.52. The van der Waals surface area contributed by atoms with Crippen LogP contribution >= 0.6 is 0 Å². The zero-order chi connectivity index (χ0) is 18.4. The molecular formula is C19H15N7O. The third-order valence-corrected chi connectivity index (χ3v) is 4.67. The number of imidazole rings is 2.